The van der Waals surface area contributed by atoms with Gasteiger partial charge in [-0.2, -0.15) is 0 Å². The third kappa shape index (κ3) is 4.07. The first-order valence-electron chi connectivity index (χ1n) is 7.96. The van der Waals surface area contributed by atoms with Gasteiger partial charge in [0.25, 0.3) is 0 Å². The van der Waals surface area contributed by atoms with Gasteiger partial charge >= 0.3 is 5.97 Å². The van der Waals surface area contributed by atoms with Crippen LogP contribution in [0.3, 0.4) is 0 Å². The van der Waals surface area contributed by atoms with Gasteiger partial charge in [0, 0.05) is 0 Å². The molecule has 3 aromatic rings. The summed E-state index contributed by atoms with van der Waals surface area (Å²) in [5.74, 6) is 1.53. The van der Waals surface area contributed by atoms with E-state index >= 15 is 0 Å². The Bertz CT molecular complexity index is 844. The number of rotatable bonds is 5. The van der Waals surface area contributed by atoms with Gasteiger partial charge in [0.2, 0.25) is 0 Å². The topological polar surface area (TPSA) is 61.6 Å². The Morgan fingerprint density at radius 3 is 2.20 bits per heavy atom. The molecule has 5 nitrogen and oxygen atoms in total. The predicted octanol–water partition coefficient (Wildman–Crippen LogP) is 4.40. The Kier molecular flexibility index (Phi) is 4.84. The van der Waals surface area contributed by atoms with Crippen molar-refractivity contribution in [2.75, 3.05) is 0 Å². The Labute approximate surface area is 146 Å². The van der Waals surface area contributed by atoms with Crippen molar-refractivity contribution >= 4 is 5.97 Å². The Morgan fingerprint density at radius 1 is 0.960 bits per heavy atom. The SMILES string of the molecule is Cc1ccc(OC(=O)c2ccc(OCc3c(C)noc3C)cc2)cc1. The van der Waals surface area contributed by atoms with Crippen LogP contribution in [0, 0.1) is 20.8 Å². The molecule has 0 saturated carbocycles. The predicted molar refractivity (Wildman–Crippen MR) is 92.9 cm³/mol. The number of ether oxygens (including phenoxy) is 2. The summed E-state index contributed by atoms with van der Waals surface area (Å²) in [5, 5.41) is 3.89. The van der Waals surface area contributed by atoms with E-state index in [2.05, 4.69) is 5.16 Å². The molecule has 3 rings (SSSR count). The third-order valence-electron chi connectivity index (χ3n) is 3.89. The number of esters is 1. The number of nitrogens with zero attached hydrogens (tertiary/aromatic N) is 1. The van der Waals surface area contributed by atoms with Crippen LogP contribution in [-0.2, 0) is 6.61 Å². The van der Waals surface area contributed by atoms with Crippen LogP contribution < -0.4 is 9.47 Å². The fourth-order valence-corrected chi connectivity index (χ4v) is 2.32. The first kappa shape index (κ1) is 16.8. The third-order valence-corrected chi connectivity index (χ3v) is 3.89. The van der Waals surface area contributed by atoms with E-state index in [1.165, 1.54) is 0 Å². The van der Waals surface area contributed by atoms with Gasteiger partial charge in [-0.25, -0.2) is 4.79 Å². The van der Waals surface area contributed by atoms with Crippen molar-refractivity contribution in [1.82, 2.24) is 5.16 Å². The summed E-state index contributed by atoms with van der Waals surface area (Å²) in [5.41, 5.74) is 3.32. The lowest BCUT2D eigenvalue weighted by Crippen LogP contribution is -2.08. The largest absolute Gasteiger partial charge is 0.489 e. The molecule has 0 atom stereocenters. The van der Waals surface area contributed by atoms with E-state index in [9.17, 15) is 4.79 Å². The Morgan fingerprint density at radius 2 is 1.60 bits per heavy atom. The van der Waals surface area contributed by atoms with Crippen LogP contribution in [-0.4, -0.2) is 11.1 Å². The number of carbonyl (C=O) groups is 1. The quantitative estimate of drug-likeness (QED) is 0.510. The number of hydrogen-bond acceptors (Lipinski definition) is 5. The summed E-state index contributed by atoms with van der Waals surface area (Å²) >= 11 is 0. The minimum absolute atomic E-state index is 0.369. The van der Waals surface area contributed by atoms with E-state index < -0.39 is 5.97 Å². The highest BCUT2D eigenvalue weighted by Gasteiger charge is 2.11. The van der Waals surface area contributed by atoms with Crippen molar-refractivity contribution < 1.29 is 18.8 Å². The summed E-state index contributed by atoms with van der Waals surface area (Å²) in [4.78, 5) is 12.2. The van der Waals surface area contributed by atoms with Crippen LogP contribution in [0.5, 0.6) is 11.5 Å². The highest BCUT2D eigenvalue weighted by atomic mass is 16.5. The van der Waals surface area contributed by atoms with E-state index in [0.29, 0.717) is 23.7 Å². The summed E-state index contributed by atoms with van der Waals surface area (Å²) in [6, 6.07) is 14.2. The average molecular weight is 337 g/mol. The number of hydrogen-bond donors (Lipinski definition) is 0. The highest BCUT2D eigenvalue weighted by Crippen LogP contribution is 2.19. The van der Waals surface area contributed by atoms with Crippen molar-refractivity contribution in [3.05, 3.63) is 76.7 Å². The maximum absolute atomic E-state index is 12.2. The molecule has 0 aliphatic rings. The molecule has 0 aliphatic heterocycles. The summed E-state index contributed by atoms with van der Waals surface area (Å²) < 4.78 is 16.2. The molecule has 1 heterocycles. The van der Waals surface area contributed by atoms with Gasteiger partial charge in [-0.1, -0.05) is 22.9 Å². The number of aryl methyl sites for hydroxylation is 3. The molecule has 25 heavy (non-hydrogen) atoms. The fourth-order valence-electron chi connectivity index (χ4n) is 2.32. The molecular weight excluding hydrogens is 318 g/mol. The van der Waals surface area contributed by atoms with Crippen LogP contribution in [0.1, 0.15) is 32.9 Å². The average Bonchev–Trinajstić information content (AvgIpc) is 2.93. The lowest BCUT2D eigenvalue weighted by molar-refractivity contribution is 0.0734. The van der Waals surface area contributed by atoms with Gasteiger partial charge in [-0.15, -0.1) is 0 Å². The summed E-state index contributed by atoms with van der Waals surface area (Å²) in [6.07, 6.45) is 0. The molecule has 5 heteroatoms. The smallest absolute Gasteiger partial charge is 0.343 e. The zero-order chi connectivity index (χ0) is 17.8. The van der Waals surface area contributed by atoms with Crippen molar-refractivity contribution in [3.63, 3.8) is 0 Å². The zero-order valence-electron chi connectivity index (χ0n) is 14.4. The van der Waals surface area contributed by atoms with Crippen LogP contribution in [0.25, 0.3) is 0 Å². The molecule has 128 valence electrons. The van der Waals surface area contributed by atoms with Crippen LogP contribution in [0.4, 0.5) is 0 Å². The molecule has 0 bridgehead atoms. The maximum atomic E-state index is 12.2. The van der Waals surface area contributed by atoms with E-state index in [1.54, 1.807) is 36.4 Å². The van der Waals surface area contributed by atoms with Crippen LogP contribution in [0.15, 0.2) is 53.1 Å². The monoisotopic (exact) mass is 337 g/mol. The lowest BCUT2D eigenvalue weighted by atomic mass is 10.2. The lowest BCUT2D eigenvalue weighted by Gasteiger charge is -2.07. The van der Waals surface area contributed by atoms with Crippen molar-refractivity contribution in [2.45, 2.75) is 27.4 Å². The van der Waals surface area contributed by atoms with Gasteiger partial charge in [0.1, 0.15) is 23.9 Å². The minimum Gasteiger partial charge on any atom is -0.489 e. The molecule has 0 spiro atoms. The molecule has 2 aromatic carbocycles. The molecule has 0 amide bonds. The molecular formula is C20H19NO4. The summed E-state index contributed by atoms with van der Waals surface area (Å²) in [7, 11) is 0. The van der Waals surface area contributed by atoms with E-state index in [4.69, 9.17) is 14.0 Å². The molecule has 0 radical (unpaired) electrons. The number of carbonyl (C=O) groups excluding carboxylic acids is 1. The maximum Gasteiger partial charge on any atom is 0.343 e. The molecule has 0 fully saturated rings. The first-order chi connectivity index (χ1) is 12.0. The standard InChI is InChI=1S/C20H19NO4/c1-13-4-8-18(9-5-13)24-20(22)16-6-10-17(11-7-16)23-12-19-14(2)21-25-15(19)3/h4-11H,12H2,1-3H3. The second-order valence-corrected chi connectivity index (χ2v) is 5.82. The number of benzene rings is 2. The minimum atomic E-state index is -0.402. The van der Waals surface area contributed by atoms with E-state index in [1.807, 2.05) is 32.9 Å². The second-order valence-electron chi connectivity index (χ2n) is 5.82. The summed E-state index contributed by atoms with van der Waals surface area (Å²) in [6.45, 7) is 6.07. The second kappa shape index (κ2) is 7.21. The van der Waals surface area contributed by atoms with Crippen molar-refractivity contribution in [3.8, 4) is 11.5 Å². The van der Waals surface area contributed by atoms with Gasteiger partial charge in [-0.05, 0) is 57.2 Å². The van der Waals surface area contributed by atoms with E-state index in [-0.39, 0.29) is 0 Å². The van der Waals surface area contributed by atoms with Crippen LogP contribution in [0.2, 0.25) is 0 Å². The molecule has 1 aromatic heterocycles. The Hall–Kier alpha value is -3.08. The van der Waals surface area contributed by atoms with Crippen molar-refractivity contribution in [1.29, 1.82) is 0 Å². The van der Waals surface area contributed by atoms with E-state index in [0.717, 1.165) is 22.6 Å². The van der Waals surface area contributed by atoms with Crippen LogP contribution >= 0.6 is 0 Å². The van der Waals surface area contributed by atoms with Gasteiger partial charge in [-0.3, -0.25) is 0 Å². The first-order valence-corrected chi connectivity index (χ1v) is 7.96. The molecule has 0 N–H and O–H groups in total. The van der Waals surface area contributed by atoms with Gasteiger partial charge < -0.3 is 14.0 Å². The normalized spacial score (nSPS) is 10.5. The van der Waals surface area contributed by atoms with Gasteiger partial charge in [0.05, 0.1) is 16.8 Å². The zero-order valence-corrected chi connectivity index (χ0v) is 14.4. The van der Waals surface area contributed by atoms with Crippen molar-refractivity contribution in [2.24, 2.45) is 0 Å². The molecule has 0 saturated heterocycles. The fraction of sp³-hybridized carbons (Fsp3) is 0.200. The molecule has 0 aliphatic carbocycles. The highest BCUT2D eigenvalue weighted by molar-refractivity contribution is 5.91. The Balaban J connectivity index is 1.61. The molecule has 0 unspecified atom stereocenters. The van der Waals surface area contributed by atoms with Gasteiger partial charge in [0.15, 0.2) is 0 Å². The number of aromatic nitrogens is 1.